The highest BCUT2D eigenvalue weighted by Crippen LogP contribution is 2.04. The Morgan fingerprint density at radius 1 is 1.29 bits per heavy atom. The van der Waals surface area contributed by atoms with Gasteiger partial charge in [0.25, 0.3) is 5.91 Å². The Balaban J connectivity index is 2.32. The van der Waals surface area contributed by atoms with Crippen LogP contribution in [0.4, 0.5) is 0 Å². The summed E-state index contributed by atoms with van der Waals surface area (Å²) < 4.78 is 4.77. The topological polar surface area (TPSA) is 47.6 Å². The predicted molar refractivity (Wildman–Crippen MR) is 66.2 cm³/mol. The van der Waals surface area contributed by atoms with Gasteiger partial charge in [-0.3, -0.25) is 9.63 Å². The average molecular weight is 235 g/mol. The van der Waals surface area contributed by atoms with Crippen molar-refractivity contribution in [3.05, 3.63) is 41.5 Å². The van der Waals surface area contributed by atoms with E-state index in [9.17, 15) is 4.79 Å². The summed E-state index contributed by atoms with van der Waals surface area (Å²) in [4.78, 5) is 16.2. The summed E-state index contributed by atoms with van der Waals surface area (Å²) in [5, 5.41) is 0. The van der Waals surface area contributed by atoms with Crippen LogP contribution in [-0.4, -0.2) is 26.2 Å². The first kappa shape index (κ1) is 13.4. The number of ether oxygens (including phenoxy) is 1. The van der Waals surface area contributed by atoms with Crippen molar-refractivity contribution < 1.29 is 14.4 Å². The second-order valence-electron chi connectivity index (χ2n) is 3.55. The molecule has 0 spiro atoms. The molecule has 4 nitrogen and oxygen atoms in total. The average Bonchev–Trinajstić information content (AvgIpc) is 2.34. The molecule has 1 N–H and O–H groups in total. The monoisotopic (exact) mass is 235 g/mol. The normalized spacial score (nSPS) is 10.7. The first-order valence-electron chi connectivity index (χ1n) is 5.38. The van der Waals surface area contributed by atoms with Crippen molar-refractivity contribution in [3.8, 4) is 0 Å². The van der Waals surface area contributed by atoms with Gasteiger partial charge in [0.1, 0.15) is 0 Å². The summed E-state index contributed by atoms with van der Waals surface area (Å²) in [6.45, 7) is 2.80. The van der Waals surface area contributed by atoms with Crippen LogP contribution in [0.2, 0.25) is 0 Å². The molecule has 1 amide bonds. The maximum atomic E-state index is 11.3. The van der Waals surface area contributed by atoms with Gasteiger partial charge < -0.3 is 4.74 Å². The number of hydrogen-bond acceptors (Lipinski definition) is 3. The predicted octanol–water partition coefficient (Wildman–Crippen LogP) is 1.70. The molecule has 0 unspecified atom stereocenters. The van der Waals surface area contributed by atoms with E-state index in [0.29, 0.717) is 13.2 Å². The van der Waals surface area contributed by atoms with Crippen LogP contribution in [-0.2, 0) is 14.4 Å². The minimum absolute atomic E-state index is 0.290. The summed E-state index contributed by atoms with van der Waals surface area (Å²) in [6, 6.07) is 7.88. The van der Waals surface area contributed by atoms with Crippen molar-refractivity contribution in [2.24, 2.45) is 0 Å². The first-order valence-corrected chi connectivity index (χ1v) is 5.38. The maximum Gasteiger partial charge on any atom is 0.267 e. The highest BCUT2D eigenvalue weighted by atomic mass is 16.7. The highest BCUT2D eigenvalue weighted by molar-refractivity contribution is 5.90. The highest BCUT2D eigenvalue weighted by Gasteiger charge is 1.94. The minimum Gasteiger partial charge on any atom is -0.382 e. The van der Waals surface area contributed by atoms with E-state index >= 15 is 0 Å². The van der Waals surface area contributed by atoms with Crippen molar-refractivity contribution >= 4 is 12.0 Å². The fourth-order valence-corrected chi connectivity index (χ4v) is 1.13. The fourth-order valence-electron chi connectivity index (χ4n) is 1.13. The van der Waals surface area contributed by atoms with Gasteiger partial charge in [0.2, 0.25) is 0 Å². The Hall–Kier alpha value is -1.65. The molecule has 0 heterocycles. The third-order valence-electron chi connectivity index (χ3n) is 2.07. The number of nitrogens with one attached hydrogen (secondary N) is 1. The summed E-state index contributed by atoms with van der Waals surface area (Å²) in [6.07, 6.45) is 3.16. The third-order valence-corrected chi connectivity index (χ3v) is 2.07. The molecule has 0 aliphatic rings. The number of rotatable bonds is 6. The number of hydrogen-bond donors (Lipinski definition) is 1. The Morgan fingerprint density at radius 3 is 2.65 bits per heavy atom. The second-order valence-corrected chi connectivity index (χ2v) is 3.55. The van der Waals surface area contributed by atoms with Crippen molar-refractivity contribution in [1.82, 2.24) is 5.48 Å². The van der Waals surface area contributed by atoms with E-state index in [-0.39, 0.29) is 5.91 Å². The number of carbonyl (C=O) groups excluding carboxylic acids is 1. The molecule has 17 heavy (non-hydrogen) atoms. The van der Waals surface area contributed by atoms with Gasteiger partial charge in [-0.25, -0.2) is 5.48 Å². The fraction of sp³-hybridized carbons (Fsp3) is 0.308. The van der Waals surface area contributed by atoms with Gasteiger partial charge in [-0.2, -0.15) is 0 Å². The molecule has 0 fully saturated rings. The molecule has 0 aromatic heterocycles. The SMILES string of the molecule is COCCONC(=O)/C=C/c1ccc(C)cc1. The molecule has 0 aliphatic heterocycles. The summed E-state index contributed by atoms with van der Waals surface area (Å²) in [7, 11) is 1.57. The second kappa shape index (κ2) is 7.60. The van der Waals surface area contributed by atoms with E-state index in [1.165, 1.54) is 11.6 Å². The van der Waals surface area contributed by atoms with E-state index in [0.717, 1.165) is 5.56 Å². The number of benzene rings is 1. The molecule has 0 atom stereocenters. The Kier molecular flexibility index (Phi) is 5.99. The molecule has 1 rings (SSSR count). The van der Waals surface area contributed by atoms with Gasteiger partial charge in [0.05, 0.1) is 13.2 Å². The number of methoxy groups -OCH3 is 1. The molecule has 0 aliphatic carbocycles. The quantitative estimate of drug-likeness (QED) is 0.464. The van der Waals surface area contributed by atoms with E-state index < -0.39 is 0 Å². The minimum atomic E-state index is -0.290. The molecule has 0 bridgehead atoms. The van der Waals surface area contributed by atoms with Crippen LogP contribution in [0, 0.1) is 6.92 Å². The van der Waals surface area contributed by atoms with Crippen LogP contribution in [0.3, 0.4) is 0 Å². The van der Waals surface area contributed by atoms with Gasteiger partial charge in [-0.05, 0) is 18.6 Å². The van der Waals surface area contributed by atoms with Crippen LogP contribution >= 0.6 is 0 Å². The van der Waals surface area contributed by atoms with Gasteiger partial charge in [0.15, 0.2) is 0 Å². The van der Waals surface area contributed by atoms with Crippen LogP contribution in [0.25, 0.3) is 6.08 Å². The molecule has 92 valence electrons. The maximum absolute atomic E-state index is 11.3. The Bertz CT molecular complexity index is 371. The zero-order chi connectivity index (χ0) is 12.5. The zero-order valence-corrected chi connectivity index (χ0v) is 10.1. The molecule has 1 aromatic carbocycles. The molecular formula is C13H17NO3. The van der Waals surface area contributed by atoms with Crippen LogP contribution in [0.15, 0.2) is 30.3 Å². The zero-order valence-electron chi connectivity index (χ0n) is 10.1. The molecule has 0 saturated heterocycles. The lowest BCUT2D eigenvalue weighted by Gasteiger charge is -2.01. The molecule has 0 radical (unpaired) electrons. The molecule has 0 saturated carbocycles. The first-order chi connectivity index (χ1) is 8.22. The lowest BCUT2D eigenvalue weighted by molar-refractivity contribution is -0.129. The van der Waals surface area contributed by atoms with Gasteiger partial charge >= 0.3 is 0 Å². The van der Waals surface area contributed by atoms with E-state index in [1.807, 2.05) is 31.2 Å². The van der Waals surface area contributed by atoms with E-state index in [1.54, 1.807) is 13.2 Å². The van der Waals surface area contributed by atoms with Crippen LogP contribution < -0.4 is 5.48 Å². The molecule has 4 heteroatoms. The summed E-state index contributed by atoms with van der Waals surface area (Å²) >= 11 is 0. The van der Waals surface area contributed by atoms with E-state index in [4.69, 9.17) is 9.57 Å². The summed E-state index contributed by atoms with van der Waals surface area (Å²) in [5.74, 6) is -0.290. The van der Waals surface area contributed by atoms with E-state index in [2.05, 4.69) is 5.48 Å². The van der Waals surface area contributed by atoms with Gasteiger partial charge in [-0.15, -0.1) is 0 Å². The number of carbonyl (C=O) groups is 1. The number of hydroxylamine groups is 1. The Labute approximate surface area is 101 Å². The number of aryl methyl sites for hydroxylation is 1. The third kappa shape index (κ3) is 5.85. The van der Waals surface area contributed by atoms with Crippen molar-refractivity contribution in [2.45, 2.75) is 6.92 Å². The number of amides is 1. The molecular weight excluding hydrogens is 218 g/mol. The lowest BCUT2D eigenvalue weighted by Crippen LogP contribution is -2.23. The van der Waals surface area contributed by atoms with Gasteiger partial charge in [-0.1, -0.05) is 29.8 Å². The van der Waals surface area contributed by atoms with Crippen LogP contribution in [0.1, 0.15) is 11.1 Å². The lowest BCUT2D eigenvalue weighted by atomic mass is 10.1. The largest absolute Gasteiger partial charge is 0.382 e. The Morgan fingerprint density at radius 2 is 2.00 bits per heavy atom. The smallest absolute Gasteiger partial charge is 0.267 e. The van der Waals surface area contributed by atoms with Crippen molar-refractivity contribution in [2.75, 3.05) is 20.3 Å². The summed E-state index contributed by atoms with van der Waals surface area (Å²) in [5.41, 5.74) is 4.46. The van der Waals surface area contributed by atoms with Crippen molar-refractivity contribution in [1.29, 1.82) is 0 Å². The van der Waals surface area contributed by atoms with Gasteiger partial charge in [0, 0.05) is 13.2 Å². The molecule has 1 aromatic rings. The van der Waals surface area contributed by atoms with Crippen molar-refractivity contribution in [3.63, 3.8) is 0 Å². The standard InChI is InChI=1S/C13H17NO3/c1-11-3-5-12(6-4-11)7-8-13(15)14-17-10-9-16-2/h3-8H,9-10H2,1-2H3,(H,14,15)/b8-7+. The van der Waals surface area contributed by atoms with Crippen LogP contribution in [0.5, 0.6) is 0 Å².